The number of benzene rings is 3. The number of amides is 2. The van der Waals surface area contributed by atoms with Crippen molar-refractivity contribution in [2.75, 3.05) is 18.1 Å². The topological polar surface area (TPSA) is 98.2 Å². The molecule has 38 heavy (non-hydrogen) atoms. The van der Waals surface area contributed by atoms with E-state index in [-0.39, 0.29) is 18.9 Å². The van der Waals surface area contributed by atoms with Crippen molar-refractivity contribution in [2.45, 2.75) is 31.3 Å². The Kier molecular flexibility index (Phi) is 9.30. The number of carboxylic acid groups (broad SMARTS) is 1. The highest BCUT2D eigenvalue weighted by molar-refractivity contribution is 14.1. The number of carboxylic acids is 1. The number of carbonyl (C=O) groups excluding carboxylic acids is 2. The normalized spacial score (nSPS) is 16.3. The van der Waals surface area contributed by atoms with Crippen molar-refractivity contribution in [3.05, 3.63) is 97.0 Å². The summed E-state index contributed by atoms with van der Waals surface area (Å²) in [5.74, 6) is -1.67. The molecule has 0 aliphatic carbocycles. The molecule has 0 bridgehead atoms. The smallest absolute Gasteiger partial charge is 0.303 e. The molecule has 2 atom stereocenters. The van der Waals surface area contributed by atoms with Gasteiger partial charge < -0.3 is 20.0 Å². The first-order valence-corrected chi connectivity index (χ1v) is 13.8. The largest absolute Gasteiger partial charge is 0.481 e. The molecule has 1 heterocycles. The molecule has 0 saturated heterocycles. The van der Waals surface area contributed by atoms with E-state index in [2.05, 4.69) is 22.6 Å². The summed E-state index contributed by atoms with van der Waals surface area (Å²) < 4.78 is 0.810. The molecule has 7 nitrogen and oxygen atoms in total. The number of aliphatic carboxylic acids is 1. The third kappa shape index (κ3) is 6.14. The lowest BCUT2D eigenvalue weighted by atomic mass is 9.98. The Hall–Kier alpha value is -2.66. The molecule has 2 N–H and O–H groups in total. The van der Waals surface area contributed by atoms with Crippen LogP contribution in [0.2, 0.25) is 10.0 Å². The van der Waals surface area contributed by atoms with Gasteiger partial charge in [0.2, 0.25) is 0 Å². The lowest BCUT2D eigenvalue weighted by Gasteiger charge is -2.36. The van der Waals surface area contributed by atoms with Gasteiger partial charge in [-0.3, -0.25) is 14.4 Å². The summed E-state index contributed by atoms with van der Waals surface area (Å²) in [4.78, 5) is 42.7. The number of hydrogen-bond donors (Lipinski definition) is 2. The first-order valence-electron chi connectivity index (χ1n) is 12.0. The van der Waals surface area contributed by atoms with Crippen molar-refractivity contribution < 1.29 is 24.6 Å². The summed E-state index contributed by atoms with van der Waals surface area (Å²) >= 11 is 14.3. The maximum atomic E-state index is 14.3. The second-order valence-corrected chi connectivity index (χ2v) is 11.0. The van der Waals surface area contributed by atoms with Gasteiger partial charge in [-0.05, 0) is 89.0 Å². The fourth-order valence-corrected chi connectivity index (χ4v) is 5.39. The highest BCUT2D eigenvalue weighted by atomic mass is 127. The number of rotatable bonds is 9. The molecule has 3 aromatic carbocycles. The number of nitrogens with zero attached hydrogens (tertiary/aromatic N) is 2. The Balaban J connectivity index is 1.88. The number of aliphatic hydroxyl groups is 1. The van der Waals surface area contributed by atoms with Gasteiger partial charge >= 0.3 is 5.97 Å². The van der Waals surface area contributed by atoms with E-state index in [9.17, 15) is 19.5 Å². The van der Waals surface area contributed by atoms with Gasteiger partial charge in [0.05, 0.1) is 23.9 Å². The zero-order valence-electron chi connectivity index (χ0n) is 20.2. The van der Waals surface area contributed by atoms with Crippen LogP contribution in [0.1, 0.15) is 52.8 Å². The summed E-state index contributed by atoms with van der Waals surface area (Å²) in [5.41, 5.74) is 1.94. The summed E-state index contributed by atoms with van der Waals surface area (Å²) in [5, 5.41) is 20.6. The number of halogens is 3. The molecule has 0 saturated carbocycles. The van der Waals surface area contributed by atoms with Gasteiger partial charge in [0.25, 0.3) is 11.8 Å². The second-order valence-electron chi connectivity index (χ2n) is 8.92. The lowest BCUT2D eigenvalue weighted by Crippen LogP contribution is -2.45. The number of anilines is 1. The van der Waals surface area contributed by atoms with Crippen LogP contribution in [0.4, 0.5) is 5.69 Å². The molecule has 0 spiro atoms. The van der Waals surface area contributed by atoms with E-state index in [0.29, 0.717) is 45.3 Å². The Morgan fingerprint density at radius 1 is 0.947 bits per heavy atom. The minimum atomic E-state index is -1.07. The summed E-state index contributed by atoms with van der Waals surface area (Å²) in [6.45, 7) is -0.196. The van der Waals surface area contributed by atoms with Crippen molar-refractivity contribution in [3.63, 3.8) is 0 Å². The fraction of sp³-hybridized carbons (Fsp3) is 0.250. The quantitative estimate of drug-likeness (QED) is 0.212. The second kappa shape index (κ2) is 12.5. The van der Waals surface area contributed by atoms with E-state index in [1.807, 2.05) is 6.07 Å². The van der Waals surface area contributed by atoms with Gasteiger partial charge in [0.15, 0.2) is 0 Å². The van der Waals surface area contributed by atoms with Crippen LogP contribution < -0.4 is 4.90 Å². The first-order chi connectivity index (χ1) is 18.2. The zero-order valence-corrected chi connectivity index (χ0v) is 23.9. The van der Waals surface area contributed by atoms with Crippen molar-refractivity contribution in [2.24, 2.45) is 0 Å². The number of hydrogen-bond acceptors (Lipinski definition) is 4. The predicted molar refractivity (Wildman–Crippen MR) is 155 cm³/mol. The van der Waals surface area contributed by atoms with Gasteiger partial charge in [0.1, 0.15) is 6.04 Å². The van der Waals surface area contributed by atoms with Crippen LogP contribution in [-0.2, 0) is 9.59 Å². The van der Waals surface area contributed by atoms with Gasteiger partial charge in [-0.1, -0.05) is 47.5 Å². The van der Waals surface area contributed by atoms with Crippen LogP contribution in [0, 0.1) is 3.57 Å². The van der Waals surface area contributed by atoms with E-state index < -0.39 is 30.6 Å². The summed E-state index contributed by atoms with van der Waals surface area (Å²) in [6, 6.07) is 16.9. The Morgan fingerprint density at radius 3 is 2.18 bits per heavy atom. The van der Waals surface area contributed by atoms with Gasteiger partial charge in [0, 0.05) is 26.6 Å². The van der Waals surface area contributed by atoms with Crippen molar-refractivity contribution >= 4 is 69.3 Å². The molecule has 0 radical (unpaired) electrons. The Labute approximate surface area is 244 Å². The molecule has 1 aliphatic heterocycles. The highest BCUT2D eigenvalue weighted by Crippen LogP contribution is 2.40. The predicted octanol–water partition coefficient (Wildman–Crippen LogP) is 6.12. The lowest BCUT2D eigenvalue weighted by molar-refractivity contribution is -0.137. The van der Waals surface area contributed by atoms with Gasteiger partial charge in [-0.2, -0.15) is 0 Å². The van der Waals surface area contributed by atoms with Gasteiger partial charge in [-0.15, -0.1) is 0 Å². The highest BCUT2D eigenvalue weighted by Gasteiger charge is 2.43. The van der Waals surface area contributed by atoms with Crippen molar-refractivity contribution in [3.8, 4) is 0 Å². The number of aliphatic hydroxyl groups excluding tert-OH is 1. The monoisotopic (exact) mass is 666 g/mol. The molecule has 0 unspecified atom stereocenters. The SMILES string of the molecule is O=C(O)CCCCN1C(=O)[C@H](c2ccc(Cl)cc2)N([C@H](CO)c2ccc(Cl)cc2)C(=O)c2cc(I)ccc21. The van der Waals surface area contributed by atoms with Crippen molar-refractivity contribution in [1.82, 2.24) is 4.90 Å². The van der Waals surface area contributed by atoms with E-state index in [1.165, 1.54) is 4.90 Å². The molecule has 10 heteroatoms. The van der Waals surface area contributed by atoms with Crippen molar-refractivity contribution in [1.29, 1.82) is 0 Å². The first kappa shape index (κ1) is 28.4. The van der Waals surface area contributed by atoms with Crippen LogP contribution >= 0.6 is 45.8 Å². The van der Waals surface area contributed by atoms with Gasteiger partial charge in [-0.25, -0.2) is 0 Å². The molecule has 0 fully saturated rings. The standard InChI is InChI=1S/C28H25Cl2IN2O5/c29-19-8-4-17(5-9-19)24(16-34)33-26(18-6-10-20(30)11-7-18)28(38)32(14-2-1-3-25(35)36)23-13-12-21(31)15-22(23)27(33)37/h4-13,15,24,26,34H,1-3,14,16H2,(H,35,36)/t24-,26+/m1/s1. The summed E-state index contributed by atoms with van der Waals surface area (Å²) in [6.07, 6.45) is 0.800. The zero-order chi connectivity index (χ0) is 27.4. The number of unbranched alkanes of at least 4 members (excludes halogenated alkanes) is 1. The van der Waals surface area contributed by atoms with Crippen LogP contribution in [0.5, 0.6) is 0 Å². The number of fused-ring (bicyclic) bond motifs is 1. The molecule has 3 aromatic rings. The third-order valence-electron chi connectivity index (χ3n) is 6.46. The maximum Gasteiger partial charge on any atom is 0.303 e. The maximum absolute atomic E-state index is 14.3. The number of carbonyl (C=O) groups is 3. The molecule has 2 amide bonds. The third-order valence-corrected chi connectivity index (χ3v) is 7.64. The van der Waals surface area contributed by atoms with E-state index in [1.54, 1.807) is 65.6 Å². The van der Waals surface area contributed by atoms with Crippen LogP contribution in [0.3, 0.4) is 0 Å². The molecule has 198 valence electrons. The molecular formula is C28H25Cl2IN2O5. The summed E-state index contributed by atoms with van der Waals surface area (Å²) in [7, 11) is 0. The average molecular weight is 667 g/mol. The Morgan fingerprint density at radius 2 is 1.58 bits per heavy atom. The van der Waals surface area contributed by atoms with Crippen LogP contribution in [0.15, 0.2) is 66.7 Å². The molecule has 1 aliphatic rings. The minimum absolute atomic E-state index is 0.0175. The fourth-order valence-electron chi connectivity index (χ4n) is 4.64. The van der Waals surface area contributed by atoms with E-state index in [0.717, 1.165) is 3.57 Å². The molecule has 0 aromatic heterocycles. The molecular weight excluding hydrogens is 642 g/mol. The van der Waals surface area contributed by atoms with Crippen LogP contribution in [0.25, 0.3) is 0 Å². The minimum Gasteiger partial charge on any atom is -0.481 e. The van der Waals surface area contributed by atoms with E-state index in [4.69, 9.17) is 28.3 Å². The molecule has 4 rings (SSSR count). The van der Waals surface area contributed by atoms with E-state index >= 15 is 0 Å². The average Bonchev–Trinajstić information content (AvgIpc) is 2.97. The van der Waals surface area contributed by atoms with Crippen LogP contribution in [-0.4, -0.2) is 46.0 Å². The Bertz CT molecular complexity index is 1330.